The lowest BCUT2D eigenvalue weighted by atomic mass is 10.1. The summed E-state index contributed by atoms with van der Waals surface area (Å²) in [5.41, 5.74) is 2.41. The van der Waals surface area contributed by atoms with Gasteiger partial charge in [0.25, 0.3) is 5.91 Å². The molecule has 1 amide bonds. The summed E-state index contributed by atoms with van der Waals surface area (Å²) in [6.07, 6.45) is 0.674. The number of aromatic amines is 1. The number of carbonyl (C=O) groups excluding carboxylic acids is 1. The number of nitrogens with zero attached hydrogens (tertiary/aromatic N) is 3. The smallest absolute Gasteiger partial charge is 0.345 e. The van der Waals surface area contributed by atoms with E-state index in [-0.39, 0.29) is 12.2 Å². The summed E-state index contributed by atoms with van der Waals surface area (Å²) in [6, 6.07) is 6.98. The molecule has 0 unspecified atom stereocenters. The highest BCUT2D eigenvalue weighted by atomic mass is 16.6. The maximum absolute atomic E-state index is 12.2. The van der Waals surface area contributed by atoms with E-state index in [1.165, 1.54) is 0 Å². The van der Waals surface area contributed by atoms with Crippen LogP contribution in [0.2, 0.25) is 0 Å². The van der Waals surface area contributed by atoms with E-state index in [0.29, 0.717) is 29.1 Å². The summed E-state index contributed by atoms with van der Waals surface area (Å²) in [7, 11) is 0. The van der Waals surface area contributed by atoms with E-state index in [0.717, 1.165) is 5.56 Å². The van der Waals surface area contributed by atoms with Crippen LogP contribution in [-0.2, 0) is 13.0 Å². The average molecular weight is 327 g/mol. The van der Waals surface area contributed by atoms with Crippen molar-refractivity contribution in [3.05, 3.63) is 51.7 Å². The van der Waals surface area contributed by atoms with E-state index >= 15 is 0 Å². The number of amides is 1. The molecule has 2 N–H and O–H groups in total. The fourth-order valence-corrected chi connectivity index (χ4v) is 2.38. The van der Waals surface area contributed by atoms with Crippen LogP contribution in [0.5, 0.6) is 0 Å². The van der Waals surface area contributed by atoms with Gasteiger partial charge in [0.15, 0.2) is 0 Å². The second kappa shape index (κ2) is 6.61. The Morgan fingerprint density at radius 1 is 1.25 bits per heavy atom. The summed E-state index contributed by atoms with van der Waals surface area (Å²) < 4.78 is 4.64. The molecule has 0 bridgehead atoms. The number of hydrogen-bond donors (Lipinski definition) is 2. The van der Waals surface area contributed by atoms with Gasteiger partial charge in [-0.2, -0.15) is 4.98 Å². The molecule has 0 radical (unpaired) electrons. The van der Waals surface area contributed by atoms with Gasteiger partial charge in [-0.25, -0.2) is 9.42 Å². The predicted molar refractivity (Wildman–Crippen MR) is 86.4 cm³/mol. The molecule has 0 spiro atoms. The van der Waals surface area contributed by atoms with Crippen LogP contribution in [0.15, 0.2) is 33.7 Å². The normalized spacial score (nSPS) is 11.1. The van der Waals surface area contributed by atoms with Gasteiger partial charge in [0.1, 0.15) is 16.7 Å². The van der Waals surface area contributed by atoms with E-state index in [2.05, 4.69) is 30.2 Å². The van der Waals surface area contributed by atoms with Crippen LogP contribution >= 0.6 is 0 Å². The lowest BCUT2D eigenvalue weighted by Gasteiger charge is -2.07. The molecule has 8 heteroatoms. The zero-order chi connectivity index (χ0) is 17.1. The van der Waals surface area contributed by atoms with E-state index in [4.69, 9.17) is 0 Å². The van der Waals surface area contributed by atoms with Crippen molar-refractivity contribution in [2.45, 2.75) is 26.8 Å². The molecule has 3 rings (SSSR count). The summed E-state index contributed by atoms with van der Waals surface area (Å²) in [5, 5.41) is 10.2. The Bertz CT molecular complexity index is 929. The third kappa shape index (κ3) is 3.65. The monoisotopic (exact) mass is 327 g/mol. The van der Waals surface area contributed by atoms with Crippen LogP contribution in [0.3, 0.4) is 0 Å². The Kier molecular flexibility index (Phi) is 4.37. The topological polar surface area (TPSA) is 114 Å². The number of hydrogen-bond acceptors (Lipinski definition) is 6. The van der Waals surface area contributed by atoms with Gasteiger partial charge in [-0.3, -0.25) is 4.79 Å². The molecule has 0 fully saturated rings. The van der Waals surface area contributed by atoms with Crippen molar-refractivity contribution in [3.8, 4) is 0 Å². The number of benzene rings is 1. The quantitative estimate of drug-likeness (QED) is 0.733. The number of fused-ring (bicyclic) bond motifs is 1. The van der Waals surface area contributed by atoms with Gasteiger partial charge in [-0.1, -0.05) is 19.9 Å². The first-order valence-corrected chi connectivity index (χ1v) is 7.61. The zero-order valence-corrected chi connectivity index (χ0v) is 13.4. The molecule has 0 aliphatic heterocycles. The molecule has 1 aromatic carbocycles. The molecule has 0 saturated heterocycles. The van der Waals surface area contributed by atoms with Crippen LogP contribution in [0, 0.1) is 5.92 Å². The maximum atomic E-state index is 12.2. The highest BCUT2D eigenvalue weighted by molar-refractivity contribution is 5.92. The van der Waals surface area contributed by atoms with Gasteiger partial charge in [0.2, 0.25) is 0 Å². The van der Waals surface area contributed by atoms with Gasteiger partial charge in [0, 0.05) is 12.2 Å². The third-order valence-electron chi connectivity index (χ3n) is 3.43. The maximum Gasteiger partial charge on any atom is 0.345 e. The molecule has 0 aliphatic carbocycles. The average Bonchev–Trinajstić information content (AvgIpc) is 2.99. The Morgan fingerprint density at radius 3 is 2.83 bits per heavy atom. The van der Waals surface area contributed by atoms with Gasteiger partial charge < -0.3 is 10.3 Å². The minimum Gasteiger partial charge on any atom is -0.347 e. The Labute approximate surface area is 137 Å². The molecule has 3 aromatic rings. The molecule has 2 aromatic heterocycles. The van der Waals surface area contributed by atoms with Crippen molar-refractivity contribution in [2.24, 2.45) is 5.92 Å². The fourth-order valence-electron chi connectivity index (χ4n) is 2.38. The van der Waals surface area contributed by atoms with E-state index in [1.54, 1.807) is 18.2 Å². The standard InChI is InChI=1S/C16H17N5O3/c1-9(2)5-11-7-14(19-16(23)18-11)15(22)17-8-10-3-4-12-13(6-10)21-24-20-12/h3-4,6-7,9H,5,8H2,1-2H3,(H,17,22)(H,18,19,23). The number of nitrogens with one attached hydrogen (secondary N) is 2. The molecular formula is C16H17N5O3. The molecular weight excluding hydrogens is 310 g/mol. The van der Waals surface area contributed by atoms with Crippen molar-refractivity contribution in [1.82, 2.24) is 25.6 Å². The zero-order valence-electron chi connectivity index (χ0n) is 13.4. The molecule has 0 aliphatic rings. The largest absolute Gasteiger partial charge is 0.347 e. The number of carbonyl (C=O) groups is 1. The van der Waals surface area contributed by atoms with Crippen LogP contribution in [0.25, 0.3) is 11.0 Å². The van der Waals surface area contributed by atoms with Crippen LogP contribution in [0.1, 0.15) is 35.6 Å². The van der Waals surface area contributed by atoms with Crippen molar-refractivity contribution < 1.29 is 9.42 Å². The first-order valence-electron chi connectivity index (χ1n) is 7.61. The van der Waals surface area contributed by atoms with Gasteiger partial charge in [-0.05, 0) is 46.4 Å². The summed E-state index contributed by atoms with van der Waals surface area (Å²) in [4.78, 5) is 30.3. The number of H-pyrrole nitrogens is 1. The van der Waals surface area contributed by atoms with Crippen molar-refractivity contribution >= 4 is 16.9 Å². The van der Waals surface area contributed by atoms with Crippen molar-refractivity contribution in [3.63, 3.8) is 0 Å². The molecule has 2 heterocycles. The Morgan fingerprint density at radius 2 is 2.04 bits per heavy atom. The minimum atomic E-state index is -0.520. The van der Waals surface area contributed by atoms with Crippen LogP contribution in [0.4, 0.5) is 0 Å². The predicted octanol–water partition coefficient (Wildman–Crippen LogP) is 1.43. The number of rotatable bonds is 5. The molecule has 24 heavy (non-hydrogen) atoms. The summed E-state index contributed by atoms with van der Waals surface area (Å²) in [5.74, 6) is -0.0359. The third-order valence-corrected chi connectivity index (χ3v) is 3.43. The minimum absolute atomic E-state index is 0.110. The number of aromatic nitrogens is 4. The highest BCUT2D eigenvalue weighted by Gasteiger charge is 2.11. The van der Waals surface area contributed by atoms with Crippen LogP contribution < -0.4 is 11.0 Å². The SMILES string of the molecule is CC(C)Cc1cc(C(=O)NCc2ccc3nonc3c2)nc(=O)[nH]1. The molecule has 0 atom stereocenters. The summed E-state index contributed by atoms with van der Waals surface area (Å²) >= 11 is 0. The second-order valence-corrected chi connectivity index (χ2v) is 5.96. The lowest BCUT2D eigenvalue weighted by molar-refractivity contribution is 0.0945. The van der Waals surface area contributed by atoms with E-state index in [1.807, 2.05) is 19.9 Å². The Hall–Kier alpha value is -3.03. The van der Waals surface area contributed by atoms with Crippen LogP contribution in [-0.4, -0.2) is 26.2 Å². The summed E-state index contributed by atoms with van der Waals surface area (Å²) in [6.45, 7) is 4.36. The first-order chi connectivity index (χ1) is 11.5. The fraction of sp³-hybridized carbons (Fsp3) is 0.312. The van der Waals surface area contributed by atoms with Crippen molar-refractivity contribution in [2.75, 3.05) is 0 Å². The van der Waals surface area contributed by atoms with Gasteiger partial charge in [-0.15, -0.1) is 0 Å². The van der Waals surface area contributed by atoms with Crippen molar-refractivity contribution in [1.29, 1.82) is 0 Å². The molecule has 8 nitrogen and oxygen atoms in total. The first kappa shape index (κ1) is 15.9. The molecule has 0 saturated carbocycles. The van der Waals surface area contributed by atoms with Gasteiger partial charge in [0.05, 0.1) is 0 Å². The van der Waals surface area contributed by atoms with Gasteiger partial charge >= 0.3 is 5.69 Å². The highest BCUT2D eigenvalue weighted by Crippen LogP contribution is 2.11. The Balaban J connectivity index is 1.72. The van der Waals surface area contributed by atoms with E-state index in [9.17, 15) is 9.59 Å². The molecule has 124 valence electrons. The van der Waals surface area contributed by atoms with E-state index < -0.39 is 11.6 Å². The second-order valence-electron chi connectivity index (χ2n) is 5.96. The lowest BCUT2D eigenvalue weighted by Crippen LogP contribution is -2.27.